The number of hydrogen-bond acceptors (Lipinski definition) is 2. The van der Waals surface area contributed by atoms with Gasteiger partial charge in [-0.1, -0.05) is 74.0 Å². The van der Waals surface area contributed by atoms with E-state index in [0.717, 1.165) is 29.5 Å². The van der Waals surface area contributed by atoms with E-state index in [4.69, 9.17) is 16.8 Å². The lowest BCUT2D eigenvalue weighted by Crippen LogP contribution is -1.92. The quantitative estimate of drug-likeness (QED) is 0.241. The molecule has 0 unspecified atom stereocenters. The van der Waals surface area contributed by atoms with E-state index in [1.54, 1.807) is 24.3 Å². The van der Waals surface area contributed by atoms with E-state index in [9.17, 15) is 0 Å². The molecule has 0 atom stereocenters. The van der Waals surface area contributed by atoms with Crippen LogP contribution in [0.2, 0.25) is 0 Å². The SMILES string of the molecule is [2H]C1=Cc2nc1c([2H])c1[nH]c(cc1[2H])c(-c1ccccc1)c1nc(c(CCCC)c3[nH]c(cc3[2H])c2-c2ccccc2)C([2H])=C1. The van der Waals surface area contributed by atoms with Crippen LogP contribution in [0.4, 0.5) is 0 Å². The van der Waals surface area contributed by atoms with Crippen molar-refractivity contribution < 1.29 is 6.85 Å². The second-order valence-corrected chi connectivity index (χ2v) is 9.86. The number of aromatic amines is 2. The van der Waals surface area contributed by atoms with Gasteiger partial charge in [-0.2, -0.15) is 0 Å². The molecule has 0 saturated carbocycles. The van der Waals surface area contributed by atoms with Gasteiger partial charge in [-0.3, -0.25) is 0 Å². The second kappa shape index (κ2) is 10.3. The molecule has 4 nitrogen and oxygen atoms in total. The van der Waals surface area contributed by atoms with Crippen LogP contribution in [0.5, 0.6) is 0 Å². The molecule has 0 fully saturated rings. The molecule has 40 heavy (non-hydrogen) atoms. The zero-order valence-corrected chi connectivity index (χ0v) is 22.1. The minimum absolute atomic E-state index is 0.0599. The van der Waals surface area contributed by atoms with Gasteiger partial charge < -0.3 is 9.97 Å². The minimum atomic E-state index is -0.0599. The zero-order chi connectivity index (χ0) is 31.2. The van der Waals surface area contributed by atoms with Gasteiger partial charge in [-0.05, 0) is 78.5 Å². The summed E-state index contributed by atoms with van der Waals surface area (Å²) in [7, 11) is 0. The molecule has 4 heteroatoms. The highest BCUT2D eigenvalue weighted by Gasteiger charge is 2.15. The van der Waals surface area contributed by atoms with E-state index in [1.165, 1.54) is 0 Å². The van der Waals surface area contributed by atoms with Crippen molar-refractivity contribution in [1.29, 1.82) is 0 Å². The first-order valence-corrected chi connectivity index (χ1v) is 13.6. The number of hydrogen-bond donors (Lipinski definition) is 2. The summed E-state index contributed by atoms with van der Waals surface area (Å²) in [5, 5.41) is 0. The Hall–Kier alpha value is -4.96. The first-order chi connectivity index (χ1) is 21.8. The fraction of sp³-hybridized carbons (Fsp3) is 0.111. The largest absolute Gasteiger partial charge is 0.355 e. The molecule has 7 rings (SSSR count). The Morgan fingerprint density at radius 1 is 0.675 bits per heavy atom. The molecular weight excluding hydrogens is 488 g/mol. The van der Waals surface area contributed by atoms with Crippen molar-refractivity contribution in [2.75, 3.05) is 0 Å². The molecule has 5 heterocycles. The molecule has 8 bridgehead atoms. The fourth-order valence-electron chi connectivity index (χ4n) is 5.25. The topological polar surface area (TPSA) is 57.4 Å². The highest BCUT2D eigenvalue weighted by molar-refractivity contribution is 5.93. The molecule has 0 radical (unpaired) electrons. The maximum Gasteiger partial charge on any atom is 0.0737 e. The normalized spacial score (nSPS) is 14.5. The van der Waals surface area contributed by atoms with Crippen LogP contribution < -0.4 is 0 Å². The Balaban J connectivity index is 1.72. The summed E-state index contributed by atoms with van der Waals surface area (Å²) in [6.45, 7) is 2.11. The van der Waals surface area contributed by atoms with E-state index >= 15 is 0 Å². The maximum absolute atomic E-state index is 9.08. The van der Waals surface area contributed by atoms with Gasteiger partial charge in [0.05, 0.1) is 29.6 Å². The first-order valence-electron chi connectivity index (χ1n) is 16.1. The average Bonchev–Trinajstić information content (AvgIpc) is 3.81. The highest BCUT2D eigenvalue weighted by Crippen LogP contribution is 2.33. The molecule has 2 aromatic carbocycles. The molecule has 5 aromatic rings. The average molecular weight is 524 g/mol. The van der Waals surface area contributed by atoms with Crippen LogP contribution in [0.1, 0.15) is 55.0 Å². The third-order valence-electron chi connectivity index (χ3n) is 7.18. The number of aryl methyl sites for hydroxylation is 1. The first kappa shape index (κ1) is 19.2. The lowest BCUT2D eigenvalue weighted by atomic mass is 10.0. The number of aromatic nitrogens is 4. The summed E-state index contributed by atoms with van der Waals surface area (Å²) in [4.78, 5) is 16.6. The van der Waals surface area contributed by atoms with Gasteiger partial charge in [0.25, 0.3) is 0 Å². The van der Waals surface area contributed by atoms with Crippen molar-refractivity contribution in [3.63, 3.8) is 0 Å². The molecule has 2 N–H and O–H groups in total. The Bertz CT molecular complexity index is 2160. The van der Waals surface area contributed by atoms with Crippen LogP contribution in [0.15, 0.2) is 90.9 Å². The lowest BCUT2D eigenvalue weighted by Gasteiger charge is -2.05. The summed E-state index contributed by atoms with van der Waals surface area (Å²) in [6.07, 6.45) is 5.79. The van der Waals surface area contributed by atoms with Gasteiger partial charge in [-0.25, -0.2) is 9.97 Å². The molecule has 0 spiro atoms. The number of rotatable bonds is 5. The number of nitrogens with one attached hydrogen (secondary N) is 2. The standard InChI is InChI=1S/C36H30N4/c1-2-3-14-28-29-19-21-33(39-29)35(24-10-6-4-7-11-24)31-17-15-26(37-31)23-27-16-18-32(38-27)36(25-12-8-5-9-13-25)34-22-20-30(28)40-34/h4-13,15-23,37,40H,2-3,14H2,1H3/i15D,16D,19D,20D,23D. The van der Waals surface area contributed by atoms with E-state index in [0.29, 0.717) is 51.2 Å². The molecule has 0 saturated heterocycles. The van der Waals surface area contributed by atoms with E-state index < -0.39 is 0 Å². The van der Waals surface area contributed by atoms with Gasteiger partial charge in [0.1, 0.15) is 0 Å². The minimum Gasteiger partial charge on any atom is -0.355 e. The summed E-state index contributed by atoms with van der Waals surface area (Å²) in [5.74, 6) is 0. The van der Waals surface area contributed by atoms with E-state index in [2.05, 4.69) is 16.9 Å². The molecule has 3 aromatic heterocycles. The van der Waals surface area contributed by atoms with Gasteiger partial charge in [0.15, 0.2) is 0 Å². The highest BCUT2D eigenvalue weighted by atomic mass is 14.8. The summed E-state index contributed by atoms with van der Waals surface area (Å²) < 4.78 is 44.9. The van der Waals surface area contributed by atoms with Crippen LogP contribution in [0.3, 0.4) is 0 Å². The number of fused-ring (bicyclic) bond motifs is 8. The molecule has 0 aliphatic carbocycles. The molecule has 2 aliphatic rings. The second-order valence-electron chi connectivity index (χ2n) is 9.86. The van der Waals surface area contributed by atoms with Gasteiger partial charge in [-0.15, -0.1) is 0 Å². The van der Waals surface area contributed by atoms with Gasteiger partial charge in [0.2, 0.25) is 0 Å². The van der Waals surface area contributed by atoms with Crippen molar-refractivity contribution >= 4 is 46.3 Å². The molecule has 194 valence electrons. The van der Waals surface area contributed by atoms with Crippen molar-refractivity contribution in [3.8, 4) is 22.3 Å². The van der Waals surface area contributed by atoms with Crippen molar-refractivity contribution in [2.24, 2.45) is 0 Å². The lowest BCUT2D eigenvalue weighted by molar-refractivity contribution is 0.795. The predicted octanol–water partition coefficient (Wildman–Crippen LogP) is 9.33. The molecular formula is C36H30N4. The smallest absolute Gasteiger partial charge is 0.0737 e. The Kier molecular flexibility index (Phi) is 4.94. The van der Waals surface area contributed by atoms with E-state index in [-0.39, 0.29) is 41.4 Å². The summed E-state index contributed by atoms with van der Waals surface area (Å²) in [6, 6.07) is 23.4. The Labute approximate surface area is 240 Å². The van der Waals surface area contributed by atoms with Crippen LogP contribution in [-0.4, -0.2) is 19.9 Å². The van der Waals surface area contributed by atoms with Crippen molar-refractivity contribution in [1.82, 2.24) is 19.9 Å². The fourth-order valence-corrected chi connectivity index (χ4v) is 5.25. The van der Waals surface area contributed by atoms with Gasteiger partial charge >= 0.3 is 0 Å². The zero-order valence-electron chi connectivity index (χ0n) is 27.1. The summed E-state index contributed by atoms with van der Waals surface area (Å²) >= 11 is 0. The number of unbranched alkanes of at least 4 members (excludes halogenated alkanes) is 1. The Morgan fingerprint density at radius 3 is 2.05 bits per heavy atom. The predicted molar refractivity (Wildman–Crippen MR) is 168 cm³/mol. The Morgan fingerprint density at radius 2 is 1.32 bits per heavy atom. The number of nitrogens with zero attached hydrogens (tertiary/aromatic N) is 2. The number of H-pyrrole nitrogens is 2. The summed E-state index contributed by atoms with van der Waals surface area (Å²) in [5.41, 5.74) is 7.67. The van der Waals surface area contributed by atoms with Crippen LogP contribution in [0, 0.1) is 0 Å². The molecule has 0 amide bonds. The number of benzene rings is 2. The van der Waals surface area contributed by atoms with Crippen LogP contribution in [0.25, 0.3) is 68.6 Å². The van der Waals surface area contributed by atoms with Gasteiger partial charge in [0, 0.05) is 38.8 Å². The monoisotopic (exact) mass is 523 g/mol. The molecule has 2 aliphatic heterocycles. The van der Waals surface area contributed by atoms with Crippen LogP contribution >= 0.6 is 0 Å². The third-order valence-corrected chi connectivity index (χ3v) is 7.18. The van der Waals surface area contributed by atoms with Crippen molar-refractivity contribution in [2.45, 2.75) is 26.2 Å². The maximum atomic E-state index is 9.08. The van der Waals surface area contributed by atoms with E-state index in [1.807, 2.05) is 60.7 Å². The van der Waals surface area contributed by atoms with Crippen molar-refractivity contribution in [3.05, 3.63) is 119 Å². The third kappa shape index (κ3) is 4.48. The van der Waals surface area contributed by atoms with Crippen LogP contribution in [-0.2, 0) is 6.42 Å².